The van der Waals surface area contributed by atoms with Crippen molar-refractivity contribution in [1.29, 1.82) is 0 Å². The molecule has 0 saturated carbocycles. The van der Waals surface area contributed by atoms with Crippen molar-refractivity contribution >= 4 is 32.9 Å². The molecule has 1 aromatic carbocycles. The number of ether oxygens (including phenoxy) is 1. The molecule has 1 aliphatic heterocycles. The summed E-state index contributed by atoms with van der Waals surface area (Å²) in [5.74, 6) is 0.968. The number of fused-ring (bicyclic) bond motifs is 6. The highest BCUT2D eigenvalue weighted by Crippen LogP contribution is 2.44. The van der Waals surface area contributed by atoms with Gasteiger partial charge in [-0.1, -0.05) is 24.3 Å². The van der Waals surface area contributed by atoms with E-state index in [9.17, 15) is 4.79 Å². The second kappa shape index (κ2) is 4.49. The Morgan fingerprint density at radius 2 is 2.04 bits per heavy atom. The molecular formula is C17H12BrN3O2. The average Bonchev–Trinajstić information content (AvgIpc) is 3.05. The second-order valence-corrected chi connectivity index (χ2v) is 6.82. The Kier molecular flexibility index (Phi) is 2.61. The van der Waals surface area contributed by atoms with Crippen molar-refractivity contribution in [3.63, 3.8) is 0 Å². The average molecular weight is 370 g/mol. The molecule has 0 bridgehead atoms. The van der Waals surface area contributed by atoms with Crippen LogP contribution in [0.2, 0.25) is 0 Å². The molecule has 0 amide bonds. The lowest BCUT2D eigenvalue weighted by Crippen LogP contribution is -2.42. The van der Waals surface area contributed by atoms with Crippen molar-refractivity contribution in [1.82, 2.24) is 14.5 Å². The molecule has 1 spiro atoms. The molecule has 1 unspecified atom stereocenters. The van der Waals surface area contributed by atoms with Gasteiger partial charge in [0, 0.05) is 12.0 Å². The number of carbonyl (C=O) groups excluding carboxylic acids is 1. The van der Waals surface area contributed by atoms with Gasteiger partial charge in [-0.2, -0.15) is 0 Å². The SMILES string of the molecule is O=C1CC2(COCc3nc4ccc(Br)nc4n32)c2ccccc21. The fourth-order valence-corrected chi connectivity index (χ4v) is 4.12. The van der Waals surface area contributed by atoms with E-state index in [1.807, 2.05) is 36.4 Å². The van der Waals surface area contributed by atoms with E-state index >= 15 is 0 Å². The monoisotopic (exact) mass is 369 g/mol. The fraction of sp³-hybridized carbons (Fsp3) is 0.235. The normalized spacial score (nSPS) is 22.6. The van der Waals surface area contributed by atoms with E-state index in [-0.39, 0.29) is 5.78 Å². The van der Waals surface area contributed by atoms with E-state index < -0.39 is 5.54 Å². The van der Waals surface area contributed by atoms with Crippen LogP contribution in [0.5, 0.6) is 0 Å². The van der Waals surface area contributed by atoms with E-state index in [4.69, 9.17) is 4.74 Å². The van der Waals surface area contributed by atoms with E-state index in [1.54, 1.807) is 0 Å². The summed E-state index contributed by atoms with van der Waals surface area (Å²) in [7, 11) is 0. The number of halogens is 1. The van der Waals surface area contributed by atoms with Gasteiger partial charge in [-0.15, -0.1) is 0 Å². The summed E-state index contributed by atoms with van der Waals surface area (Å²) < 4.78 is 8.69. The molecule has 0 saturated heterocycles. The van der Waals surface area contributed by atoms with E-state index in [1.165, 1.54) is 0 Å². The van der Waals surface area contributed by atoms with Gasteiger partial charge in [-0.05, 0) is 33.6 Å². The highest BCUT2D eigenvalue weighted by Gasteiger charge is 2.49. The first-order valence-corrected chi connectivity index (χ1v) is 8.23. The third-order valence-electron chi connectivity index (χ3n) is 4.72. The Balaban J connectivity index is 1.88. The zero-order chi connectivity index (χ0) is 15.6. The molecule has 2 aliphatic rings. The number of hydrogen-bond donors (Lipinski definition) is 0. The number of ketones is 1. The van der Waals surface area contributed by atoms with Crippen LogP contribution < -0.4 is 0 Å². The molecule has 6 heteroatoms. The summed E-state index contributed by atoms with van der Waals surface area (Å²) in [6.45, 7) is 0.897. The molecule has 0 radical (unpaired) electrons. The molecule has 0 fully saturated rings. The Morgan fingerprint density at radius 1 is 1.17 bits per heavy atom. The van der Waals surface area contributed by atoms with Crippen LogP contribution in [0.15, 0.2) is 41.0 Å². The van der Waals surface area contributed by atoms with Crippen molar-refractivity contribution in [2.45, 2.75) is 18.6 Å². The van der Waals surface area contributed by atoms with E-state index in [0.29, 0.717) is 19.6 Å². The van der Waals surface area contributed by atoms with Crippen LogP contribution in [0.1, 0.15) is 28.2 Å². The minimum absolute atomic E-state index is 0.147. The summed E-state index contributed by atoms with van der Waals surface area (Å²) in [5.41, 5.74) is 2.86. The van der Waals surface area contributed by atoms with Gasteiger partial charge in [0.15, 0.2) is 11.4 Å². The lowest BCUT2D eigenvalue weighted by atomic mass is 9.91. The van der Waals surface area contributed by atoms with Gasteiger partial charge in [-0.25, -0.2) is 9.97 Å². The van der Waals surface area contributed by atoms with Crippen LogP contribution in [-0.4, -0.2) is 26.9 Å². The first-order valence-electron chi connectivity index (χ1n) is 7.44. The molecule has 2 aromatic heterocycles. The summed E-state index contributed by atoms with van der Waals surface area (Å²) in [6.07, 6.45) is 0.388. The number of nitrogens with zero attached hydrogens (tertiary/aromatic N) is 3. The third-order valence-corrected chi connectivity index (χ3v) is 5.16. The highest BCUT2D eigenvalue weighted by atomic mass is 79.9. The van der Waals surface area contributed by atoms with Crippen LogP contribution in [0.4, 0.5) is 0 Å². The maximum Gasteiger partial charge on any atom is 0.166 e. The zero-order valence-corrected chi connectivity index (χ0v) is 13.7. The Bertz CT molecular complexity index is 981. The largest absolute Gasteiger partial charge is 0.371 e. The zero-order valence-electron chi connectivity index (χ0n) is 12.1. The predicted octanol–water partition coefficient (Wildman–Crippen LogP) is 3.05. The first kappa shape index (κ1) is 13.4. The molecule has 114 valence electrons. The molecule has 1 aliphatic carbocycles. The molecule has 0 N–H and O–H groups in total. The van der Waals surface area contributed by atoms with Crippen LogP contribution in [-0.2, 0) is 16.9 Å². The minimum Gasteiger partial charge on any atom is -0.371 e. The first-order chi connectivity index (χ1) is 11.2. The van der Waals surface area contributed by atoms with Crippen molar-refractivity contribution in [3.05, 3.63) is 58.0 Å². The van der Waals surface area contributed by atoms with E-state index in [2.05, 4.69) is 30.5 Å². The Hall–Kier alpha value is -2.05. The summed E-state index contributed by atoms with van der Waals surface area (Å²) in [6, 6.07) is 11.6. The van der Waals surface area contributed by atoms with Crippen LogP contribution >= 0.6 is 15.9 Å². The standard InChI is InChI=1S/C17H12BrN3O2/c18-14-6-5-12-16(20-14)21-15(19-12)8-23-9-17(21)7-13(22)10-3-1-2-4-11(10)17/h1-6H,7-9H2. The number of pyridine rings is 1. The number of imidazole rings is 1. The van der Waals surface area contributed by atoms with Gasteiger partial charge in [0.05, 0.1) is 6.61 Å². The fourth-order valence-electron chi connectivity index (χ4n) is 3.82. The van der Waals surface area contributed by atoms with E-state index in [0.717, 1.165) is 32.7 Å². The second-order valence-electron chi connectivity index (χ2n) is 6.01. The van der Waals surface area contributed by atoms with Crippen LogP contribution in [0.3, 0.4) is 0 Å². The van der Waals surface area contributed by atoms with Crippen molar-refractivity contribution in [3.8, 4) is 0 Å². The Labute approximate surface area is 140 Å². The number of aromatic nitrogens is 3. The molecule has 1 atom stereocenters. The van der Waals surface area contributed by atoms with Crippen LogP contribution in [0, 0.1) is 0 Å². The van der Waals surface area contributed by atoms with Crippen LogP contribution in [0.25, 0.3) is 11.2 Å². The lowest BCUT2D eigenvalue weighted by molar-refractivity contribution is 0.0225. The topological polar surface area (TPSA) is 57.0 Å². The van der Waals surface area contributed by atoms with Crippen molar-refractivity contribution in [2.75, 3.05) is 6.61 Å². The molecule has 3 aromatic rings. The van der Waals surface area contributed by atoms with Gasteiger partial charge in [-0.3, -0.25) is 9.36 Å². The molecular weight excluding hydrogens is 358 g/mol. The number of rotatable bonds is 0. The van der Waals surface area contributed by atoms with Gasteiger partial charge >= 0.3 is 0 Å². The smallest absolute Gasteiger partial charge is 0.166 e. The highest BCUT2D eigenvalue weighted by molar-refractivity contribution is 9.10. The summed E-state index contributed by atoms with van der Waals surface area (Å²) in [5, 5.41) is 0. The number of Topliss-reactive ketones (excluding diaryl/α,β-unsaturated/α-hetero) is 1. The maximum atomic E-state index is 12.6. The number of carbonyl (C=O) groups is 1. The van der Waals surface area contributed by atoms with Gasteiger partial charge in [0.25, 0.3) is 0 Å². The third kappa shape index (κ3) is 1.67. The quantitative estimate of drug-likeness (QED) is 0.571. The molecule has 5 nitrogen and oxygen atoms in total. The molecule has 3 heterocycles. The Morgan fingerprint density at radius 3 is 2.96 bits per heavy atom. The summed E-state index contributed by atoms with van der Waals surface area (Å²) >= 11 is 3.44. The summed E-state index contributed by atoms with van der Waals surface area (Å²) in [4.78, 5) is 21.8. The molecule has 5 rings (SSSR count). The van der Waals surface area contributed by atoms with Gasteiger partial charge in [0.2, 0.25) is 0 Å². The lowest BCUT2D eigenvalue weighted by Gasteiger charge is -2.36. The minimum atomic E-state index is -0.538. The van der Waals surface area contributed by atoms with Gasteiger partial charge < -0.3 is 4.74 Å². The predicted molar refractivity (Wildman–Crippen MR) is 87.3 cm³/mol. The number of hydrogen-bond acceptors (Lipinski definition) is 4. The van der Waals surface area contributed by atoms with Crippen molar-refractivity contribution < 1.29 is 9.53 Å². The van der Waals surface area contributed by atoms with Gasteiger partial charge in [0.1, 0.15) is 28.1 Å². The maximum absolute atomic E-state index is 12.6. The van der Waals surface area contributed by atoms with Crippen molar-refractivity contribution in [2.24, 2.45) is 0 Å². The number of benzene rings is 1. The molecule has 23 heavy (non-hydrogen) atoms.